The van der Waals surface area contributed by atoms with Crippen molar-refractivity contribution < 1.29 is 9.59 Å². The third kappa shape index (κ3) is 7.25. The van der Waals surface area contributed by atoms with Crippen LogP contribution in [0.25, 0.3) is 0 Å². The lowest BCUT2D eigenvalue weighted by atomic mass is 10.2. The van der Waals surface area contributed by atoms with Crippen LogP contribution in [-0.4, -0.2) is 23.3 Å². The second kappa shape index (κ2) is 9.16. The highest BCUT2D eigenvalue weighted by Crippen LogP contribution is 2.08. The van der Waals surface area contributed by atoms with E-state index in [-0.39, 0.29) is 24.2 Å². The summed E-state index contributed by atoms with van der Waals surface area (Å²) in [5.74, 6) is 0.245. The van der Waals surface area contributed by atoms with Crippen LogP contribution in [0.1, 0.15) is 26.2 Å². The molecule has 0 saturated heterocycles. The lowest BCUT2D eigenvalue weighted by molar-refractivity contribution is -0.121. The zero-order valence-corrected chi connectivity index (χ0v) is 11.6. The molecule has 4 N–H and O–H groups in total. The van der Waals surface area contributed by atoms with Gasteiger partial charge in [0.1, 0.15) is 5.82 Å². The molecule has 0 aliphatic rings. The lowest BCUT2D eigenvalue weighted by Crippen LogP contribution is -2.22. The summed E-state index contributed by atoms with van der Waals surface area (Å²) in [6.07, 6.45) is 2.69. The maximum atomic E-state index is 11.5. The van der Waals surface area contributed by atoms with Crippen LogP contribution in [-0.2, 0) is 9.59 Å². The van der Waals surface area contributed by atoms with Gasteiger partial charge in [-0.15, -0.1) is 12.4 Å². The summed E-state index contributed by atoms with van der Waals surface area (Å²) in [4.78, 5) is 26.6. The van der Waals surface area contributed by atoms with Crippen molar-refractivity contribution in [2.45, 2.75) is 26.2 Å². The van der Waals surface area contributed by atoms with Crippen molar-refractivity contribution >= 4 is 35.7 Å². The molecule has 1 aromatic heterocycles. The predicted octanol–water partition coefficient (Wildman–Crippen LogP) is 1.33. The Hall–Kier alpha value is -1.82. The van der Waals surface area contributed by atoms with Crippen molar-refractivity contribution in [3.05, 3.63) is 18.3 Å². The van der Waals surface area contributed by atoms with Crippen LogP contribution >= 0.6 is 12.4 Å². The summed E-state index contributed by atoms with van der Waals surface area (Å²) in [7, 11) is 0. The second-order valence-corrected chi connectivity index (χ2v) is 3.83. The fourth-order valence-electron chi connectivity index (χ4n) is 1.40. The number of aromatic nitrogens is 1. The number of pyridine rings is 1. The van der Waals surface area contributed by atoms with Crippen molar-refractivity contribution in [1.82, 2.24) is 10.3 Å². The Labute approximate surface area is 118 Å². The highest BCUT2D eigenvalue weighted by Gasteiger charge is 2.05. The summed E-state index contributed by atoms with van der Waals surface area (Å²) in [5, 5.41) is 5.37. The topological polar surface area (TPSA) is 97.1 Å². The SMILES string of the molecule is CCNC(=O)CCCC(=O)Nc1ccc(N)nc1.Cl. The Morgan fingerprint density at radius 2 is 1.95 bits per heavy atom. The predicted molar refractivity (Wildman–Crippen MR) is 77.1 cm³/mol. The number of hydrogen-bond acceptors (Lipinski definition) is 4. The minimum absolute atomic E-state index is 0. The minimum atomic E-state index is -0.133. The normalized spacial score (nSPS) is 9.32. The van der Waals surface area contributed by atoms with E-state index in [9.17, 15) is 9.59 Å². The number of anilines is 2. The molecule has 106 valence electrons. The van der Waals surface area contributed by atoms with E-state index >= 15 is 0 Å². The minimum Gasteiger partial charge on any atom is -0.384 e. The first-order valence-electron chi connectivity index (χ1n) is 5.90. The Morgan fingerprint density at radius 3 is 2.53 bits per heavy atom. The maximum absolute atomic E-state index is 11.5. The zero-order valence-electron chi connectivity index (χ0n) is 10.8. The Kier molecular flexibility index (Phi) is 8.28. The van der Waals surface area contributed by atoms with Gasteiger partial charge in [0.2, 0.25) is 11.8 Å². The van der Waals surface area contributed by atoms with Crippen LogP contribution in [0.15, 0.2) is 18.3 Å². The average Bonchev–Trinajstić information content (AvgIpc) is 2.32. The molecule has 0 aliphatic heterocycles. The molecule has 0 radical (unpaired) electrons. The fraction of sp³-hybridized carbons (Fsp3) is 0.417. The van der Waals surface area contributed by atoms with Gasteiger partial charge in [0.15, 0.2) is 0 Å². The van der Waals surface area contributed by atoms with E-state index in [4.69, 9.17) is 5.73 Å². The first kappa shape index (κ1) is 17.2. The van der Waals surface area contributed by atoms with Crippen LogP contribution in [0.2, 0.25) is 0 Å². The first-order valence-corrected chi connectivity index (χ1v) is 5.90. The van der Waals surface area contributed by atoms with Gasteiger partial charge in [-0.1, -0.05) is 0 Å². The number of nitrogens with two attached hydrogens (primary N) is 1. The number of carbonyl (C=O) groups is 2. The van der Waals surface area contributed by atoms with Crippen molar-refractivity contribution in [2.24, 2.45) is 0 Å². The second-order valence-electron chi connectivity index (χ2n) is 3.83. The van der Waals surface area contributed by atoms with Gasteiger partial charge in [0.25, 0.3) is 0 Å². The summed E-state index contributed by atoms with van der Waals surface area (Å²) in [6, 6.07) is 3.30. The van der Waals surface area contributed by atoms with Gasteiger partial charge >= 0.3 is 0 Å². The van der Waals surface area contributed by atoms with E-state index in [2.05, 4.69) is 15.6 Å². The van der Waals surface area contributed by atoms with Crippen molar-refractivity contribution in [1.29, 1.82) is 0 Å². The molecule has 19 heavy (non-hydrogen) atoms. The van der Waals surface area contributed by atoms with Crippen molar-refractivity contribution in [2.75, 3.05) is 17.6 Å². The van der Waals surface area contributed by atoms with Gasteiger partial charge in [-0.05, 0) is 25.5 Å². The molecule has 1 aromatic rings. The number of nitrogens with one attached hydrogen (secondary N) is 2. The number of amides is 2. The van der Waals surface area contributed by atoms with Crippen molar-refractivity contribution in [3.63, 3.8) is 0 Å². The number of nitrogens with zero attached hydrogens (tertiary/aromatic N) is 1. The molecule has 0 atom stereocenters. The number of halogens is 1. The highest BCUT2D eigenvalue weighted by atomic mass is 35.5. The Bertz CT molecular complexity index is 409. The smallest absolute Gasteiger partial charge is 0.224 e. The summed E-state index contributed by atoms with van der Waals surface area (Å²) in [6.45, 7) is 2.47. The van der Waals surface area contributed by atoms with E-state index in [0.29, 0.717) is 37.3 Å². The molecule has 0 bridgehead atoms. The van der Waals surface area contributed by atoms with E-state index in [1.165, 1.54) is 6.20 Å². The Balaban J connectivity index is 0.00000324. The summed E-state index contributed by atoms with van der Waals surface area (Å²) in [5.41, 5.74) is 6.04. The molecule has 0 spiro atoms. The molecule has 6 nitrogen and oxygen atoms in total. The average molecular weight is 287 g/mol. The number of hydrogen-bond donors (Lipinski definition) is 3. The third-order valence-electron chi connectivity index (χ3n) is 2.25. The molecule has 1 rings (SSSR count). The molecule has 2 amide bonds. The monoisotopic (exact) mass is 286 g/mol. The fourth-order valence-corrected chi connectivity index (χ4v) is 1.40. The zero-order chi connectivity index (χ0) is 13.4. The van der Waals surface area contributed by atoms with Crippen LogP contribution in [0.3, 0.4) is 0 Å². The van der Waals surface area contributed by atoms with E-state index in [0.717, 1.165) is 0 Å². The number of carbonyl (C=O) groups excluding carboxylic acids is 2. The third-order valence-corrected chi connectivity index (χ3v) is 2.25. The number of nitrogen functional groups attached to an aromatic ring is 1. The molecule has 0 saturated carbocycles. The standard InChI is InChI=1S/C12H18N4O2.ClH/c1-2-14-11(17)4-3-5-12(18)16-9-6-7-10(13)15-8-9;/h6-8H,2-5H2,1H3,(H2,13,15)(H,14,17)(H,16,18);1H. The quantitative estimate of drug-likeness (QED) is 0.735. The van der Waals surface area contributed by atoms with Gasteiger partial charge in [0.05, 0.1) is 11.9 Å². The maximum Gasteiger partial charge on any atom is 0.224 e. The van der Waals surface area contributed by atoms with Crippen LogP contribution in [0.4, 0.5) is 11.5 Å². The molecule has 0 unspecified atom stereocenters. The highest BCUT2D eigenvalue weighted by molar-refractivity contribution is 5.90. The Morgan fingerprint density at radius 1 is 1.26 bits per heavy atom. The largest absolute Gasteiger partial charge is 0.384 e. The van der Waals surface area contributed by atoms with Crippen molar-refractivity contribution in [3.8, 4) is 0 Å². The van der Waals surface area contributed by atoms with E-state index in [1.807, 2.05) is 6.92 Å². The van der Waals surface area contributed by atoms with Gasteiger partial charge in [-0.25, -0.2) is 4.98 Å². The van der Waals surface area contributed by atoms with E-state index in [1.54, 1.807) is 12.1 Å². The van der Waals surface area contributed by atoms with Gasteiger partial charge < -0.3 is 16.4 Å². The van der Waals surface area contributed by atoms with Gasteiger partial charge in [-0.3, -0.25) is 9.59 Å². The van der Waals surface area contributed by atoms with Gasteiger partial charge in [0, 0.05) is 19.4 Å². The molecule has 0 aliphatic carbocycles. The molecule has 0 fully saturated rings. The van der Waals surface area contributed by atoms with Crippen LogP contribution in [0.5, 0.6) is 0 Å². The molecular formula is C12H19ClN4O2. The first-order chi connectivity index (χ1) is 8.61. The molecular weight excluding hydrogens is 268 g/mol. The van der Waals surface area contributed by atoms with Crippen LogP contribution in [0, 0.1) is 0 Å². The number of rotatable bonds is 6. The molecule has 0 aromatic carbocycles. The lowest BCUT2D eigenvalue weighted by Gasteiger charge is -2.05. The summed E-state index contributed by atoms with van der Waals surface area (Å²) >= 11 is 0. The van der Waals surface area contributed by atoms with Gasteiger partial charge in [-0.2, -0.15) is 0 Å². The van der Waals surface area contributed by atoms with Crippen LogP contribution < -0.4 is 16.4 Å². The molecule has 1 heterocycles. The summed E-state index contributed by atoms with van der Waals surface area (Å²) < 4.78 is 0. The van der Waals surface area contributed by atoms with E-state index < -0.39 is 0 Å². The molecule has 7 heteroatoms.